The van der Waals surface area contributed by atoms with Crippen LogP contribution in [0.4, 0.5) is 0 Å². The van der Waals surface area contributed by atoms with Gasteiger partial charge in [0.05, 0.1) is 5.56 Å². The smallest absolute Gasteiger partial charge is 0.335 e. The van der Waals surface area contributed by atoms with Crippen molar-refractivity contribution in [2.45, 2.75) is 31.6 Å². The van der Waals surface area contributed by atoms with Crippen molar-refractivity contribution in [1.29, 1.82) is 0 Å². The Bertz CT molecular complexity index is 483. The summed E-state index contributed by atoms with van der Waals surface area (Å²) in [7, 11) is 0. The summed E-state index contributed by atoms with van der Waals surface area (Å²) in [4.78, 5) is 22.5. The van der Waals surface area contributed by atoms with Gasteiger partial charge in [-0.2, -0.15) is 0 Å². The Hall–Kier alpha value is -1.64. The van der Waals surface area contributed by atoms with Crippen LogP contribution in [0, 0.1) is 5.41 Å². The van der Waals surface area contributed by atoms with Crippen LogP contribution in [0.5, 0.6) is 0 Å². The van der Waals surface area contributed by atoms with Gasteiger partial charge in [0.1, 0.15) is 5.78 Å². The quantitative estimate of drug-likeness (QED) is 0.849. The minimum atomic E-state index is -0.903. The van der Waals surface area contributed by atoms with Crippen molar-refractivity contribution in [2.24, 2.45) is 5.41 Å². The van der Waals surface area contributed by atoms with E-state index >= 15 is 0 Å². The fourth-order valence-corrected chi connectivity index (χ4v) is 3.13. The number of aromatic carboxylic acids is 1. The van der Waals surface area contributed by atoms with Gasteiger partial charge < -0.3 is 5.11 Å². The molecule has 17 heavy (non-hydrogen) atoms. The van der Waals surface area contributed by atoms with Crippen molar-refractivity contribution >= 4 is 11.8 Å². The highest BCUT2D eigenvalue weighted by Gasteiger charge is 2.58. The number of benzene rings is 1. The summed E-state index contributed by atoms with van der Waals surface area (Å²) in [5.74, 6) is -0.178. The number of Topliss-reactive ketones (excluding diaryl/α,β-unsaturated/α-hetero) is 1. The highest BCUT2D eigenvalue weighted by molar-refractivity contribution is 5.94. The molecule has 88 valence electrons. The molecule has 3 rings (SSSR count). The SMILES string of the molecule is O=C(O)c1ccc(C2CC(=O)C23CCC3)cc1. The van der Waals surface area contributed by atoms with Gasteiger partial charge in [-0.25, -0.2) is 4.79 Å². The molecule has 0 bridgehead atoms. The molecule has 3 heteroatoms. The maximum atomic E-state index is 11.7. The average Bonchev–Trinajstić information content (AvgIpc) is 2.23. The van der Waals surface area contributed by atoms with Crippen LogP contribution in [0.15, 0.2) is 24.3 Å². The molecule has 1 aromatic carbocycles. The van der Waals surface area contributed by atoms with Gasteiger partial charge >= 0.3 is 5.97 Å². The number of carbonyl (C=O) groups excluding carboxylic acids is 1. The number of ketones is 1. The predicted octanol–water partition coefficient (Wildman–Crippen LogP) is 2.61. The largest absolute Gasteiger partial charge is 0.478 e. The summed E-state index contributed by atoms with van der Waals surface area (Å²) < 4.78 is 0. The summed E-state index contributed by atoms with van der Waals surface area (Å²) in [6, 6.07) is 6.99. The molecule has 2 aliphatic carbocycles. The van der Waals surface area contributed by atoms with Gasteiger partial charge in [-0.3, -0.25) is 4.79 Å². The van der Waals surface area contributed by atoms with E-state index in [-0.39, 0.29) is 5.41 Å². The van der Waals surface area contributed by atoms with Crippen LogP contribution in [0.1, 0.15) is 47.5 Å². The van der Waals surface area contributed by atoms with Gasteiger partial charge in [0.25, 0.3) is 0 Å². The lowest BCUT2D eigenvalue weighted by Crippen LogP contribution is -2.52. The van der Waals surface area contributed by atoms with Crippen molar-refractivity contribution in [1.82, 2.24) is 0 Å². The highest BCUT2D eigenvalue weighted by Crippen LogP contribution is 2.61. The number of rotatable bonds is 2. The van der Waals surface area contributed by atoms with E-state index in [1.807, 2.05) is 12.1 Å². The van der Waals surface area contributed by atoms with E-state index < -0.39 is 5.97 Å². The third-order valence-corrected chi connectivity index (χ3v) is 4.42. The molecule has 3 nitrogen and oxygen atoms in total. The number of carboxylic acid groups (broad SMARTS) is 1. The molecule has 0 radical (unpaired) electrons. The Balaban J connectivity index is 1.86. The Labute approximate surface area is 99.5 Å². The van der Waals surface area contributed by atoms with E-state index in [0.29, 0.717) is 23.7 Å². The van der Waals surface area contributed by atoms with E-state index in [0.717, 1.165) is 24.8 Å². The van der Waals surface area contributed by atoms with E-state index in [9.17, 15) is 9.59 Å². The first kappa shape index (κ1) is 10.5. The van der Waals surface area contributed by atoms with Gasteiger partial charge in [-0.1, -0.05) is 18.6 Å². The number of hydrogen-bond donors (Lipinski definition) is 1. The van der Waals surface area contributed by atoms with Crippen molar-refractivity contribution in [3.63, 3.8) is 0 Å². The van der Waals surface area contributed by atoms with Crippen LogP contribution in [0.25, 0.3) is 0 Å². The molecule has 2 aliphatic rings. The van der Waals surface area contributed by atoms with E-state index in [4.69, 9.17) is 5.11 Å². The normalized spacial score (nSPS) is 25.2. The highest BCUT2D eigenvalue weighted by atomic mass is 16.4. The number of carboxylic acids is 1. The molecule has 2 saturated carbocycles. The molecular weight excluding hydrogens is 216 g/mol. The lowest BCUT2D eigenvalue weighted by Gasteiger charge is -2.54. The molecule has 2 fully saturated rings. The minimum Gasteiger partial charge on any atom is -0.478 e. The first-order valence-electron chi connectivity index (χ1n) is 6.00. The first-order chi connectivity index (χ1) is 8.13. The zero-order valence-electron chi connectivity index (χ0n) is 9.48. The molecule has 0 heterocycles. The Morgan fingerprint density at radius 1 is 1.24 bits per heavy atom. The third kappa shape index (κ3) is 1.35. The van der Waals surface area contributed by atoms with E-state index in [1.165, 1.54) is 0 Å². The zero-order chi connectivity index (χ0) is 12.0. The second kappa shape index (κ2) is 3.42. The van der Waals surface area contributed by atoms with Crippen LogP contribution in [0.2, 0.25) is 0 Å². The minimum absolute atomic E-state index is 0.0786. The summed E-state index contributed by atoms with van der Waals surface area (Å²) in [6.07, 6.45) is 3.80. The van der Waals surface area contributed by atoms with Gasteiger partial charge in [-0.05, 0) is 30.5 Å². The summed E-state index contributed by atoms with van der Waals surface area (Å²) in [5.41, 5.74) is 1.35. The second-order valence-electron chi connectivity index (χ2n) is 5.12. The van der Waals surface area contributed by atoms with Crippen LogP contribution in [0.3, 0.4) is 0 Å². The molecule has 0 amide bonds. The lowest BCUT2D eigenvalue weighted by molar-refractivity contribution is -0.148. The zero-order valence-corrected chi connectivity index (χ0v) is 9.48. The van der Waals surface area contributed by atoms with Gasteiger partial charge in [-0.15, -0.1) is 0 Å². The lowest BCUT2D eigenvalue weighted by atomic mass is 9.47. The molecule has 1 N–H and O–H groups in total. The summed E-state index contributed by atoms with van der Waals surface area (Å²) in [5, 5.41) is 8.83. The summed E-state index contributed by atoms with van der Waals surface area (Å²) >= 11 is 0. The van der Waals surface area contributed by atoms with Crippen molar-refractivity contribution in [3.05, 3.63) is 35.4 Å². The van der Waals surface area contributed by atoms with Crippen LogP contribution >= 0.6 is 0 Å². The fourth-order valence-electron chi connectivity index (χ4n) is 3.13. The van der Waals surface area contributed by atoms with Gasteiger partial charge in [0, 0.05) is 17.8 Å². The molecule has 1 aromatic rings. The van der Waals surface area contributed by atoms with Crippen LogP contribution < -0.4 is 0 Å². The van der Waals surface area contributed by atoms with Crippen molar-refractivity contribution < 1.29 is 14.7 Å². The first-order valence-corrected chi connectivity index (χ1v) is 6.00. The molecule has 0 aliphatic heterocycles. The second-order valence-corrected chi connectivity index (χ2v) is 5.12. The topological polar surface area (TPSA) is 54.4 Å². The van der Waals surface area contributed by atoms with Crippen LogP contribution in [-0.4, -0.2) is 16.9 Å². The Kier molecular flexibility index (Phi) is 2.12. The molecule has 0 aromatic heterocycles. The molecule has 1 spiro atoms. The van der Waals surface area contributed by atoms with Gasteiger partial charge in [0.2, 0.25) is 0 Å². The van der Waals surface area contributed by atoms with E-state index in [2.05, 4.69) is 0 Å². The molecular formula is C14H14O3. The number of carbonyl (C=O) groups is 2. The monoisotopic (exact) mass is 230 g/mol. The fraction of sp³-hybridized carbons (Fsp3) is 0.429. The Morgan fingerprint density at radius 2 is 1.88 bits per heavy atom. The van der Waals surface area contributed by atoms with Crippen molar-refractivity contribution in [3.8, 4) is 0 Å². The van der Waals surface area contributed by atoms with Gasteiger partial charge in [0.15, 0.2) is 0 Å². The molecule has 1 unspecified atom stereocenters. The van der Waals surface area contributed by atoms with Crippen LogP contribution in [-0.2, 0) is 4.79 Å². The average molecular weight is 230 g/mol. The maximum absolute atomic E-state index is 11.7. The molecule has 1 atom stereocenters. The standard InChI is InChI=1S/C14H14O3/c15-12-8-11(14(12)6-1-7-14)9-2-4-10(5-3-9)13(16)17/h2-5,11H,1,6-8H2,(H,16,17). The molecule has 0 saturated heterocycles. The van der Waals surface area contributed by atoms with E-state index in [1.54, 1.807) is 12.1 Å². The summed E-state index contributed by atoms with van der Waals surface area (Å²) in [6.45, 7) is 0. The van der Waals surface area contributed by atoms with Crippen molar-refractivity contribution in [2.75, 3.05) is 0 Å². The Morgan fingerprint density at radius 3 is 2.29 bits per heavy atom. The third-order valence-electron chi connectivity index (χ3n) is 4.42. The predicted molar refractivity (Wildman–Crippen MR) is 62.1 cm³/mol. The maximum Gasteiger partial charge on any atom is 0.335 e. The number of hydrogen-bond acceptors (Lipinski definition) is 2.